The zero-order valence-corrected chi connectivity index (χ0v) is 13.2. The van der Waals surface area contributed by atoms with E-state index >= 15 is 0 Å². The van der Waals surface area contributed by atoms with Gasteiger partial charge in [0.15, 0.2) is 0 Å². The molecule has 116 valence electrons. The van der Waals surface area contributed by atoms with Gasteiger partial charge in [-0.05, 0) is 18.9 Å². The summed E-state index contributed by atoms with van der Waals surface area (Å²) in [5, 5.41) is 5.62. The van der Waals surface area contributed by atoms with Gasteiger partial charge in [0.2, 0.25) is 5.91 Å². The zero-order valence-electron chi connectivity index (χ0n) is 13.2. The Bertz CT molecular complexity index is 460. The smallest absolute Gasteiger partial charge is 0.315 e. The summed E-state index contributed by atoms with van der Waals surface area (Å²) in [6.45, 7) is 3.76. The average Bonchev–Trinajstić information content (AvgIpc) is 2.46. The predicted molar refractivity (Wildman–Crippen MR) is 83.9 cm³/mol. The fourth-order valence-electron chi connectivity index (χ4n) is 2.14. The van der Waals surface area contributed by atoms with Crippen LogP contribution >= 0.6 is 0 Å². The van der Waals surface area contributed by atoms with Gasteiger partial charge in [0.25, 0.3) is 0 Å². The van der Waals surface area contributed by atoms with E-state index < -0.39 is 6.04 Å². The van der Waals surface area contributed by atoms with Crippen LogP contribution < -0.4 is 10.6 Å². The fourth-order valence-corrected chi connectivity index (χ4v) is 2.14. The van der Waals surface area contributed by atoms with Crippen LogP contribution in [0, 0.1) is 0 Å². The van der Waals surface area contributed by atoms with Crippen LogP contribution in [0.15, 0.2) is 30.3 Å². The zero-order chi connectivity index (χ0) is 15.8. The maximum absolute atomic E-state index is 12.0. The molecule has 0 unspecified atom stereocenters. The van der Waals surface area contributed by atoms with E-state index in [0.717, 1.165) is 18.4 Å². The maximum Gasteiger partial charge on any atom is 0.315 e. The van der Waals surface area contributed by atoms with Crippen LogP contribution in [-0.4, -0.2) is 37.0 Å². The van der Waals surface area contributed by atoms with E-state index in [2.05, 4.69) is 17.6 Å². The molecular formula is C16H25N3O2. The SMILES string of the molecule is CCC[C@H](NC(=O)N[C@@H](C)C(=O)N(C)C)c1ccccc1. The average molecular weight is 291 g/mol. The van der Waals surface area contributed by atoms with Gasteiger partial charge >= 0.3 is 6.03 Å². The molecule has 3 amide bonds. The highest BCUT2D eigenvalue weighted by atomic mass is 16.2. The Kier molecular flexibility index (Phi) is 6.72. The first-order valence-electron chi connectivity index (χ1n) is 7.28. The Balaban J connectivity index is 2.63. The normalized spacial score (nSPS) is 13.1. The molecule has 0 bridgehead atoms. The standard InChI is InChI=1S/C16H25N3O2/c1-5-9-14(13-10-7-6-8-11-13)18-16(21)17-12(2)15(20)19(3)4/h6-8,10-12,14H,5,9H2,1-4H3,(H2,17,18,21)/t12-,14-/m0/s1. The van der Waals surface area contributed by atoms with E-state index in [0.29, 0.717) is 0 Å². The fraction of sp³-hybridized carbons (Fsp3) is 0.500. The van der Waals surface area contributed by atoms with Gasteiger partial charge in [-0.15, -0.1) is 0 Å². The lowest BCUT2D eigenvalue weighted by Crippen LogP contribution is -2.48. The molecule has 0 saturated carbocycles. The van der Waals surface area contributed by atoms with Crippen molar-refractivity contribution in [2.24, 2.45) is 0 Å². The van der Waals surface area contributed by atoms with Crippen LogP contribution in [0.3, 0.4) is 0 Å². The molecule has 5 nitrogen and oxygen atoms in total. The highest BCUT2D eigenvalue weighted by Gasteiger charge is 2.19. The number of carbonyl (C=O) groups is 2. The van der Waals surface area contributed by atoms with Crippen molar-refractivity contribution >= 4 is 11.9 Å². The monoisotopic (exact) mass is 291 g/mol. The molecule has 0 aliphatic rings. The van der Waals surface area contributed by atoms with Crippen molar-refractivity contribution in [2.45, 2.75) is 38.8 Å². The number of likely N-dealkylation sites (N-methyl/N-ethyl adjacent to an activating group) is 1. The molecule has 2 N–H and O–H groups in total. The minimum Gasteiger partial charge on any atom is -0.347 e. The molecule has 0 aromatic heterocycles. The van der Waals surface area contributed by atoms with E-state index in [1.54, 1.807) is 21.0 Å². The first-order chi connectivity index (χ1) is 9.95. The first kappa shape index (κ1) is 17.0. The quantitative estimate of drug-likeness (QED) is 0.845. The molecule has 1 aromatic carbocycles. The molecule has 0 spiro atoms. The summed E-state index contributed by atoms with van der Waals surface area (Å²) >= 11 is 0. The van der Waals surface area contributed by atoms with E-state index in [1.165, 1.54) is 4.90 Å². The van der Waals surface area contributed by atoms with Crippen molar-refractivity contribution < 1.29 is 9.59 Å². The molecular weight excluding hydrogens is 266 g/mol. The Morgan fingerprint density at radius 3 is 2.29 bits per heavy atom. The molecule has 0 radical (unpaired) electrons. The molecule has 0 saturated heterocycles. The van der Waals surface area contributed by atoms with Gasteiger partial charge in [-0.1, -0.05) is 43.7 Å². The van der Waals surface area contributed by atoms with E-state index in [1.807, 2.05) is 30.3 Å². The highest BCUT2D eigenvalue weighted by Crippen LogP contribution is 2.17. The number of amides is 3. The van der Waals surface area contributed by atoms with Gasteiger partial charge in [0.1, 0.15) is 6.04 Å². The van der Waals surface area contributed by atoms with Gasteiger partial charge < -0.3 is 15.5 Å². The molecule has 1 rings (SSSR count). The molecule has 0 aliphatic heterocycles. The first-order valence-corrected chi connectivity index (χ1v) is 7.28. The lowest BCUT2D eigenvalue weighted by atomic mass is 10.0. The van der Waals surface area contributed by atoms with E-state index in [9.17, 15) is 9.59 Å². The Morgan fingerprint density at radius 2 is 1.76 bits per heavy atom. The van der Waals surface area contributed by atoms with Gasteiger partial charge in [-0.25, -0.2) is 4.79 Å². The topological polar surface area (TPSA) is 61.4 Å². The summed E-state index contributed by atoms with van der Waals surface area (Å²) in [6, 6.07) is 8.94. The lowest BCUT2D eigenvalue weighted by Gasteiger charge is -2.22. The second-order valence-electron chi connectivity index (χ2n) is 5.32. The summed E-state index contributed by atoms with van der Waals surface area (Å²) in [5.41, 5.74) is 1.07. The van der Waals surface area contributed by atoms with Gasteiger partial charge in [-0.3, -0.25) is 4.79 Å². The highest BCUT2D eigenvalue weighted by molar-refractivity contribution is 5.86. The number of nitrogens with zero attached hydrogens (tertiary/aromatic N) is 1. The number of rotatable bonds is 6. The molecule has 0 aliphatic carbocycles. The van der Waals surface area contributed by atoms with Crippen LogP contribution in [0.4, 0.5) is 4.79 Å². The number of nitrogens with one attached hydrogen (secondary N) is 2. The second kappa shape index (κ2) is 8.29. The molecule has 1 aromatic rings. The lowest BCUT2D eigenvalue weighted by molar-refractivity contribution is -0.130. The molecule has 5 heteroatoms. The Morgan fingerprint density at radius 1 is 1.14 bits per heavy atom. The molecule has 0 fully saturated rings. The van der Waals surface area contributed by atoms with Crippen molar-refractivity contribution in [1.82, 2.24) is 15.5 Å². The second-order valence-corrected chi connectivity index (χ2v) is 5.32. The summed E-state index contributed by atoms with van der Waals surface area (Å²) in [6.07, 6.45) is 1.82. The number of urea groups is 1. The summed E-state index contributed by atoms with van der Waals surface area (Å²) in [7, 11) is 3.34. The van der Waals surface area contributed by atoms with Crippen LogP contribution in [0.25, 0.3) is 0 Å². The van der Waals surface area contributed by atoms with Crippen molar-refractivity contribution in [3.63, 3.8) is 0 Å². The number of hydrogen-bond acceptors (Lipinski definition) is 2. The van der Waals surface area contributed by atoms with E-state index in [4.69, 9.17) is 0 Å². The summed E-state index contributed by atoms with van der Waals surface area (Å²) < 4.78 is 0. The minimum absolute atomic E-state index is 0.0436. The van der Waals surface area contributed by atoms with Crippen LogP contribution in [-0.2, 0) is 4.79 Å². The van der Waals surface area contributed by atoms with Crippen LogP contribution in [0.2, 0.25) is 0 Å². The minimum atomic E-state index is -0.543. The molecule has 2 atom stereocenters. The third kappa shape index (κ3) is 5.45. The summed E-state index contributed by atoms with van der Waals surface area (Å²) in [5.74, 6) is -0.128. The Hall–Kier alpha value is -2.04. The van der Waals surface area contributed by atoms with E-state index in [-0.39, 0.29) is 18.0 Å². The third-order valence-electron chi connectivity index (χ3n) is 3.24. The third-order valence-corrected chi connectivity index (χ3v) is 3.24. The van der Waals surface area contributed by atoms with Crippen molar-refractivity contribution in [2.75, 3.05) is 14.1 Å². The largest absolute Gasteiger partial charge is 0.347 e. The van der Waals surface area contributed by atoms with Crippen molar-refractivity contribution in [1.29, 1.82) is 0 Å². The molecule has 21 heavy (non-hydrogen) atoms. The number of benzene rings is 1. The summed E-state index contributed by atoms with van der Waals surface area (Å²) in [4.78, 5) is 25.3. The Labute approximate surface area is 126 Å². The van der Waals surface area contributed by atoms with Gasteiger partial charge in [-0.2, -0.15) is 0 Å². The van der Waals surface area contributed by atoms with Crippen LogP contribution in [0.1, 0.15) is 38.3 Å². The number of carbonyl (C=O) groups excluding carboxylic acids is 2. The van der Waals surface area contributed by atoms with Gasteiger partial charge in [0.05, 0.1) is 6.04 Å². The van der Waals surface area contributed by atoms with Gasteiger partial charge in [0, 0.05) is 14.1 Å². The van der Waals surface area contributed by atoms with Crippen molar-refractivity contribution in [3.8, 4) is 0 Å². The van der Waals surface area contributed by atoms with Crippen molar-refractivity contribution in [3.05, 3.63) is 35.9 Å². The predicted octanol–water partition coefficient (Wildman–Crippen LogP) is 2.30. The molecule has 0 heterocycles. The number of hydrogen-bond donors (Lipinski definition) is 2. The van der Waals surface area contributed by atoms with Crippen LogP contribution in [0.5, 0.6) is 0 Å². The maximum atomic E-state index is 12.0.